The third-order valence-electron chi connectivity index (χ3n) is 3.41. The molecular formula is C18H18Cl2N2O2. The Kier molecular flexibility index (Phi) is 6.64. The molecule has 2 amide bonds. The van der Waals surface area contributed by atoms with Crippen molar-refractivity contribution in [3.05, 3.63) is 59.1 Å². The van der Waals surface area contributed by atoms with Crippen LogP contribution in [0, 0.1) is 12.8 Å². The maximum Gasteiger partial charge on any atom is 0.237 e. The van der Waals surface area contributed by atoms with Gasteiger partial charge in [-0.3, -0.25) is 9.59 Å². The van der Waals surface area contributed by atoms with Crippen LogP contribution in [0.15, 0.2) is 48.5 Å². The third-order valence-corrected chi connectivity index (χ3v) is 3.86. The normalized spacial score (nSPS) is 11.6. The van der Waals surface area contributed by atoms with E-state index in [1.54, 1.807) is 30.3 Å². The van der Waals surface area contributed by atoms with Gasteiger partial charge in [-0.2, -0.15) is 0 Å². The van der Waals surface area contributed by atoms with Gasteiger partial charge in [0.1, 0.15) is 5.92 Å². The first-order valence-electron chi connectivity index (χ1n) is 7.49. The maximum absolute atomic E-state index is 12.5. The molecule has 0 aliphatic carbocycles. The smallest absolute Gasteiger partial charge is 0.237 e. The summed E-state index contributed by atoms with van der Waals surface area (Å²) < 4.78 is 0. The molecule has 0 saturated carbocycles. The van der Waals surface area contributed by atoms with Crippen LogP contribution in [0.3, 0.4) is 0 Å². The fraction of sp³-hybridized carbons (Fsp3) is 0.222. The molecule has 24 heavy (non-hydrogen) atoms. The topological polar surface area (TPSA) is 58.2 Å². The Bertz CT molecular complexity index is 675. The van der Waals surface area contributed by atoms with E-state index >= 15 is 0 Å². The highest BCUT2D eigenvalue weighted by Gasteiger charge is 2.26. The Balaban J connectivity index is 2.09. The minimum atomic E-state index is -0.887. The quantitative estimate of drug-likeness (QED) is 0.586. The number of carbonyl (C=O) groups excluding carboxylic acids is 2. The molecule has 0 bridgehead atoms. The van der Waals surface area contributed by atoms with Gasteiger partial charge in [0.2, 0.25) is 11.8 Å². The average Bonchev–Trinajstić information content (AvgIpc) is 2.52. The van der Waals surface area contributed by atoms with E-state index in [0.717, 1.165) is 5.56 Å². The predicted molar refractivity (Wildman–Crippen MR) is 98.7 cm³/mol. The Morgan fingerprint density at radius 1 is 1.00 bits per heavy atom. The predicted octanol–water partition coefficient (Wildman–Crippen LogP) is 4.47. The number of hydrogen-bond acceptors (Lipinski definition) is 2. The monoisotopic (exact) mass is 364 g/mol. The van der Waals surface area contributed by atoms with Crippen LogP contribution in [-0.4, -0.2) is 17.7 Å². The first-order chi connectivity index (χ1) is 11.5. The minimum absolute atomic E-state index is 0.203. The van der Waals surface area contributed by atoms with Crippen molar-refractivity contribution in [2.45, 2.75) is 13.3 Å². The van der Waals surface area contributed by atoms with Crippen molar-refractivity contribution in [2.75, 3.05) is 16.5 Å². The molecule has 6 heteroatoms. The molecule has 0 spiro atoms. The summed E-state index contributed by atoms with van der Waals surface area (Å²) in [7, 11) is 0. The van der Waals surface area contributed by atoms with Crippen LogP contribution in [0.5, 0.6) is 0 Å². The number of hydrogen-bond donors (Lipinski definition) is 2. The lowest BCUT2D eigenvalue weighted by Crippen LogP contribution is -2.34. The summed E-state index contributed by atoms with van der Waals surface area (Å²) in [6, 6.07) is 14.1. The van der Waals surface area contributed by atoms with Crippen LogP contribution in [-0.2, 0) is 9.59 Å². The van der Waals surface area contributed by atoms with E-state index in [-0.39, 0.29) is 18.2 Å². The third kappa shape index (κ3) is 5.25. The molecule has 2 aromatic rings. The summed E-state index contributed by atoms with van der Waals surface area (Å²) in [5.41, 5.74) is 2.20. The van der Waals surface area contributed by atoms with Crippen LogP contribution >= 0.6 is 23.2 Å². The fourth-order valence-corrected chi connectivity index (χ4v) is 2.65. The number of rotatable bonds is 6. The van der Waals surface area contributed by atoms with Gasteiger partial charge in [-0.15, -0.1) is 11.6 Å². The summed E-state index contributed by atoms with van der Waals surface area (Å²) >= 11 is 11.7. The number of aryl methyl sites for hydroxylation is 1. The van der Waals surface area contributed by atoms with Gasteiger partial charge >= 0.3 is 0 Å². The summed E-state index contributed by atoms with van der Waals surface area (Å²) in [6.07, 6.45) is 0.242. The van der Waals surface area contributed by atoms with E-state index in [0.29, 0.717) is 16.4 Å². The summed E-state index contributed by atoms with van der Waals surface area (Å²) in [4.78, 5) is 24.9. The van der Waals surface area contributed by atoms with Gasteiger partial charge in [0.05, 0.1) is 0 Å². The van der Waals surface area contributed by atoms with Gasteiger partial charge in [0.25, 0.3) is 0 Å². The van der Waals surface area contributed by atoms with Crippen LogP contribution in [0.4, 0.5) is 11.4 Å². The molecule has 1 unspecified atom stereocenters. The van der Waals surface area contributed by atoms with E-state index in [1.807, 2.05) is 25.1 Å². The van der Waals surface area contributed by atoms with Crippen molar-refractivity contribution in [1.82, 2.24) is 0 Å². The molecule has 2 aromatic carbocycles. The van der Waals surface area contributed by atoms with Crippen molar-refractivity contribution in [1.29, 1.82) is 0 Å². The summed E-state index contributed by atoms with van der Waals surface area (Å²) in [5, 5.41) is 5.97. The molecule has 0 fully saturated rings. The highest BCUT2D eigenvalue weighted by Crippen LogP contribution is 2.18. The van der Waals surface area contributed by atoms with E-state index in [4.69, 9.17) is 23.2 Å². The second-order valence-corrected chi connectivity index (χ2v) is 6.20. The standard InChI is InChI=1S/C18H18Cl2N2O2/c1-12-4-2-6-14(10-12)21-17(23)16(8-9-19)18(24)22-15-7-3-5-13(20)11-15/h2-7,10-11,16H,8-9H2,1H3,(H,21,23)(H,22,24). The molecule has 0 aromatic heterocycles. The molecule has 0 saturated heterocycles. The Labute approximate surface area is 151 Å². The van der Waals surface area contributed by atoms with Crippen molar-refractivity contribution < 1.29 is 9.59 Å². The maximum atomic E-state index is 12.5. The molecule has 2 rings (SSSR count). The number of carbonyl (C=O) groups is 2. The number of halogens is 2. The van der Waals surface area contributed by atoms with Gasteiger partial charge in [0, 0.05) is 22.3 Å². The first-order valence-corrected chi connectivity index (χ1v) is 8.41. The SMILES string of the molecule is Cc1cccc(NC(=O)C(CCCl)C(=O)Nc2cccc(Cl)c2)c1. The lowest BCUT2D eigenvalue weighted by Gasteiger charge is -2.16. The zero-order chi connectivity index (χ0) is 17.5. The molecule has 2 N–H and O–H groups in total. The zero-order valence-electron chi connectivity index (χ0n) is 13.2. The van der Waals surface area contributed by atoms with Gasteiger partial charge in [-0.05, 0) is 49.2 Å². The molecule has 4 nitrogen and oxygen atoms in total. The Morgan fingerprint density at radius 2 is 1.58 bits per heavy atom. The molecule has 0 heterocycles. The molecule has 126 valence electrons. The number of nitrogens with one attached hydrogen (secondary N) is 2. The van der Waals surface area contributed by atoms with Crippen LogP contribution in [0.2, 0.25) is 5.02 Å². The Hall–Kier alpha value is -2.04. The van der Waals surface area contributed by atoms with Crippen molar-refractivity contribution in [3.8, 4) is 0 Å². The van der Waals surface area contributed by atoms with Crippen molar-refractivity contribution in [2.24, 2.45) is 5.92 Å². The molecular weight excluding hydrogens is 347 g/mol. The van der Waals surface area contributed by atoms with Gasteiger partial charge in [-0.25, -0.2) is 0 Å². The minimum Gasteiger partial charge on any atom is -0.325 e. The molecule has 0 aliphatic rings. The van der Waals surface area contributed by atoms with Crippen molar-refractivity contribution >= 4 is 46.4 Å². The Morgan fingerprint density at radius 3 is 2.12 bits per heavy atom. The number of benzene rings is 2. The van der Waals surface area contributed by atoms with Crippen LogP contribution in [0.25, 0.3) is 0 Å². The second kappa shape index (κ2) is 8.71. The van der Waals surface area contributed by atoms with Crippen molar-refractivity contribution in [3.63, 3.8) is 0 Å². The molecule has 0 aliphatic heterocycles. The zero-order valence-corrected chi connectivity index (χ0v) is 14.7. The fourth-order valence-electron chi connectivity index (χ4n) is 2.24. The highest BCUT2D eigenvalue weighted by atomic mass is 35.5. The van der Waals surface area contributed by atoms with Gasteiger partial charge in [-0.1, -0.05) is 29.8 Å². The van der Waals surface area contributed by atoms with Gasteiger partial charge in [0.15, 0.2) is 0 Å². The second-order valence-electron chi connectivity index (χ2n) is 5.39. The number of anilines is 2. The lowest BCUT2D eigenvalue weighted by atomic mass is 10.0. The van der Waals surface area contributed by atoms with E-state index in [9.17, 15) is 9.59 Å². The van der Waals surface area contributed by atoms with Crippen LogP contribution < -0.4 is 10.6 Å². The first kappa shape index (κ1) is 18.3. The lowest BCUT2D eigenvalue weighted by molar-refractivity contribution is -0.129. The number of alkyl halides is 1. The van der Waals surface area contributed by atoms with Gasteiger partial charge < -0.3 is 10.6 Å². The van der Waals surface area contributed by atoms with Crippen LogP contribution in [0.1, 0.15) is 12.0 Å². The van der Waals surface area contributed by atoms with E-state index < -0.39 is 11.8 Å². The highest BCUT2D eigenvalue weighted by molar-refractivity contribution is 6.31. The average molecular weight is 365 g/mol. The van der Waals surface area contributed by atoms with E-state index in [1.165, 1.54) is 0 Å². The largest absolute Gasteiger partial charge is 0.325 e. The summed E-state index contributed by atoms with van der Waals surface area (Å²) in [6.45, 7) is 1.93. The van der Waals surface area contributed by atoms with E-state index in [2.05, 4.69) is 10.6 Å². The molecule has 1 atom stereocenters. The summed E-state index contributed by atoms with van der Waals surface area (Å²) in [5.74, 6) is -1.49. The molecule has 0 radical (unpaired) electrons. The number of amides is 2.